The minimum absolute atomic E-state index is 0.541. The minimum Gasteiger partial charge on any atom is -0.359 e. The zero-order chi connectivity index (χ0) is 9.97. The number of rotatable bonds is 1. The lowest BCUT2D eigenvalue weighted by Gasteiger charge is -1.90. The second-order valence-electron chi connectivity index (χ2n) is 2.75. The van der Waals surface area contributed by atoms with Crippen LogP contribution >= 0.6 is 0 Å². The van der Waals surface area contributed by atoms with Crippen molar-refractivity contribution in [1.29, 1.82) is 5.26 Å². The second-order valence-corrected chi connectivity index (χ2v) is 2.75. The van der Waals surface area contributed by atoms with Crippen LogP contribution in [0.2, 0.25) is 0 Å². The van der Waals surface area contributed by atoms with Crippen LogP contribution in [0.4, 0.5) is 5.69 Å². The zero-order valence-corrected chi connectivity index (χ0v) is 7.11. The van der Waals surface area contributed by atoms with E-state index < -0.39 is 0 Å². The highest BCUT2D eigenvalue weighted by Gasteiger charge is 2.02. The smallest absolute Gasteiger partial charge is 0.240 e. The second kappa shape index (κ2) is 3.17. The Labute approximate surface area is 79.5 Å². The Bertz CT molecular complexity index is 571. The number of aliphatic imine (C=N–C) groups is 1. The fraction of sp³-hybridized carbons (Fsp3) is 0. The van der Waals surface area contributed by atoms with Crippen molar-refractivity contribution in [2.24, 2.45) is 4.99 Å². The third-order valence-corrected chi connectivity index (χ3v) is 1.96. The normalized spacial score (nSPS) is 9.36. The maximum atomic E-state index is 10.1. The molecule has 0 saturated heterocycles. The van der Waals surface area contributed by atoms with E-state index in [1.165, 1.54) is 6.08 Å². The van der Waals surface area contributed by atoms with Crippen molar-refractivity contribution < 1.29 is 4.79 Å². The van der Waals surface area contributed by atoms with E-state index in [1.807, 2.05) is 6.07 Å². The summed E-state index contributed by atoms with van der Waals surface area (Å²) in [4.78, 5) is 16.5. The van der Waals surface area contributed by atoms with Gasteiger partial charge in [0.2, 0.25) is 6.08 Å². The van der Waals surface area contributed by atoms with Crippen LogP contribution in [-0.4, -0.2) is 11.1 Å². The van der Waals surface area contributed by atoms with Gasteiger partial charge in [-0.3, -0.25) is 0 Å². The third kappa shape index (κ3) is 1.18. The molecule has 1 heterocycles. The number of isocyanates is 1. The molecule has 0 unspecified atom stereocenters. The summed E-state index contributed by atoms with van der Waals surface area (Å²) in [6.07, 6.45) is 3.09. The first-order valence-corrected chi connectivity index (χ1v) is 3.94. The van der Waals surface area contributed by atoms with Gasteiger partial charge in [0.05, 0.1) is 11.6 Å². The molecule has 0 aliphatic rings. The average Bonchev–Trinajstić information content (AvgIpc) is 2.61. The number of fused-ring (bicyclic) bond motifs is 1. The molecule has 0 radical (unpaired) electrons. The van der Waals surface area contributed by atoms with Crippen LogP contribution in [0.5, 0.6) is 0 Å². The molecule has 1 N–H and O–H groups in total. The molecule has 2 rings (SSSR count). The van der Waals surface area contributed by atoms with E-state index in [4.69, 9.17) is 5.26 Å². The summed E-state index contributed by atoms with van der Waals surface area (Å²) in [5, 5.41) is 9.47. The highest BCUT2D eigenvalue weighted by atomic mass is 16.1. The summed E-state index contributed by atoms with van der Waals surface area (Å²) < 4.78 is 0. The number of benzene rings is 1. The molecule has 1 aromatic heterocycles. The molecular weight excluding hydrogens is 178 g/mol. The summed E-state index contributed by atoms with van der Waals surface area (Å²) >= 11 is 0. The molecule has 1 aromatic carbocycles. The van der Waals surface area contributed by atoms with Crippen molar-refractivity contribution in [3.63, 3.8) is 0 Å². The highest BCUT2D eigenvalue weighted by Crippen LogP contribution is 2.25. The molecule has 0 aliphatic heterocycles. The van der Waals surface area contributed by atoms with E-state index in [1.54, 1.807) is 24.4 Å². The van der Waals surface area contributed by atoms with Gasteiger partial charge in [-0.15, -0.1) is 0 Å². The number of aromatic nitrogens is 1. The first kappa shape index (κ1) is 8.24. The SMILES string of the molecule is N#Cc1ccc2c(N=C=O)c[nH]c2c1. The first-order chi connectivity index (χ1) is 6.85. The fourth-order valence-corrected chi connectivity index (χ4v) is 1.32. The van der Waals surface area contributed by atoms with Gasteiger partial charge >= 0.3 is 0 Å². The summed E-state index contributed by atoms with van der Waals surface area (Å²) in [7, 11) is 0. The van der Waals surface area contributed by atoms with Gasteiger partial charge in [0.15, 0.2) is 0 Å². The number of carbonyl (C=O) groups excluding carboxylic acids is 1. The number of nitrogens with one attached hydrogen (secondary N) is 1. The number of nitriles is 1. The Balaban J connectivity index is 2.72. The van der Waals surface area contributed by atoms with Gasteiger partial charge in [0, 0.05) is 17.1 Å². The summed E-state index contributed by atoms with van der Waals surface area (Å²) in [5.74, 6) is 0. The molecule has 0 spiro atoms. The molecule has 0 aliphatic carbocycles. The Kier molecular flexibility index (Phi) is 1.87. The molecule has 66 valence electrons. The van der Waals surface area contributed by atoms with E-state index >= 15 is 0 Å². The van der Waals surface area contributed by atoms with Crippen LogP contribution in [0.3, 0.4) is 0 Å². The predicted molar refractivity (Wildman–Crippen MR) is 50.8 cm³/mol. The van der Waals surface area contributed by atoms with E-state index in [-0.39, 0.29) is 0 Å². The van der Waals surface area contributed by atoms with E-state index in [2.05, 4.69) is 9.98 Å². The van der Waals surface area contributed by atoms with Gasteiger partial charge in [0.25, 0.3) is 0 Å². The topological polar surface area (TPSA) is 69.0 Å². The standard InChI is InChI=1S/C10H5N3O/c11-4-7-1-2-8-9(3-7)12-5-10(8)13-6-14/h1-3,5,12H. The van der Waals surface area contributed by atoms with Crippen molar-refractivity contribution >= 4 is 22.7 Å². The Hall–Kier alpha value is -2.37. The zero-order valence-electron chi connectivity index (χ0n) is 7.11. The van der Waals surface area contributed by atoms with Crippen LogP contribution in [0.25, 0.3) is 10.9 Å². The molecule has 4 nitrogen and oxygen atoms in total. The average molecular weight is 183 g/mol. The van der Waals surface area contributed by atoms with Gasteiger partial charge in [-0.05, 0) is 18.2 Å². The lowest BCUT2D eigenvalue weighted by Crippen LogP contribution is -1.73. The number of nitrogens with zero attached hydrogens (tertiary/aromatic N) is 2. The molecule has 0 saturated carbocycles. The quantitative estimate of drug-likeness (QED) is 0.542. The van der Waals surface area contributed by atoms with Crippen molar-refractivity contribution in [2.75, 3.05) is 0 Å². The van der Waals surface area contributed by atoms with Crippen molar-refractivity contribution in [1.82, 2.24) is 4.98 Å². The lowest BCUT2D eigenvalue weighted by molar-refractivity contribution is 0.565. The molecule has 0 amide bonds. The van der Waals surface area contributed by atoms with Crippen molar-refractivity contribution in [2.45, 2.75) is 0 Å². The van der Waals surface area contributed by atoms with E-state index in [9.17, 15) is 4.79 Å². The lowest BCUT2D eigenvalue weighted by atomic mass is 10.2. The monoisotopic (exact) mass is 183 g/mol. The number of hydrogen-bond acceptors (Lipinski definition) is 3. The maximum absolute atomic E-state index is 10.1. The number of aromatic amines is 1. The molecule has 0 atom stereocenters. The number of hydrogen-bond donors (Lipinski definition) is 1. The molecule has 14 heavy (non-hydrogen) atoms. The largest absolute Gasteiger partial charge is 0.359 e. The Morgan fingerprint density at radius 1 is 1.43 bits per heavy atom. The van der Waals surface area contributed by atoms with Gasteiger partial charge < -0.3 is 4.98 Å². The Morgan fingerprint density at radius 3 is 3.00 bits per heavy atom. The third-order valence-electron chi connectivity index (χ3n) is 1.96. The van der Waals surface area contributed by atoms with Crippen LogP contribution in [0.1, 0.15) is 5.56 Å². The minimum atomic E-state index is 0.541. The van der Waals surface area contributed by atoms with Gasteiger partial charge in [-0.2, -0.15) is 10.3 Å². The summed E-state index contributed by atoms with van der Waals surface area (Å²) in [5.41, 5.74) is 1.90. The van der Waals surface area contributed by atoms with Crippen molar-refractivity contribution in [3.8, 4) is 6.07 Å². The summed E-state index contributed by atoms with van der Waals surface area (Å²) in [6, 6.07) is 7.17. The Morgan fingerprint density at radius 2 is 2.29 bits per heavy atom. The summed E-state index contributed by atoms with van der Waals surface area (Å²) in [6.45, 7) is 0. The highest BCUT2D eigenvalue weighted by molar-refractivity contribution is 5.92. The van der Waals surface area contributed by atoms with Crippen LogP contribution in [0, 0.1) is 11.3 Å². The van der Waals surface area contributed by atoms with Gasteiger partial charge in [-0.25, -0.2) is 4.79 Å². The van der Waals surface area contributed by atoms with E-state index in [0.717, 1.165) is 10.9 Å². The molecule has 0 bridgehead atoms. The molecule has 2 aromatic rings. The van der Waals surface area contributed by atoms with Crippen LogP contribution in [-0.2, 0) is 4.79 Å². The molecule has 0 fully saturated rings. The van der Waals surface area contributed by atoms with Crippen LogP contribution < -0.4 is 0 Å². The predicted octanol–water partition coefficient (Wildman–Crippen LogP) is 2.01. The van der Waals surface area contributed by atoms with Crippen molar-refractivity contribution in [3.05, 3.63) is 30.0 Å². The maximum Gasteiger partial charge on any atom is 0.240 e. The van der Waals surface area contributed by atoms with Crippen LogP contribution in [0.15, 0.2) is 29.4 Å². The van der Waals surface area contributed by atoms with Gasteiger partial charge in [0.1, 0.15) is 5.69 Å². The van der Waals surface area contributed by atoms with Gasteiger partial charge in [-0.1, -0.05) is 0 Å². The van der Waals surface area contributed by atoms with E-state index in [0.29, 0.717) is 11.3 Å². The fourth-order valence-electron chi connectivity index (χ4n) is 1.32. The molecular formula is C10H5N3O. The number of H-pyrrole nitrogens is 1. The first-order valence-electron chi connectivity index (χ1n) is 3.94. The molecule has 4 heteroatoms.